The molecule has 2 rings (SSSR count). The molecule has 7 heteroatoms. The number of ether oxygens (including phenoxy) is 1. The maximum absolute atomic E-state index is 11.0. The van der Waals surface area contributed by atoms with Gasteiger partial charge >= 0.3 is 11.7 Å². The van der Waals surface area contributed by atoms with E-state index < -0.39 is 4.92 Å². The van der Waals surface area contributed by atoms with Gasteiger partial charge in [-0.05, 0) is 31.0 Å². The van der Waals surface area contributed by atoms with Gasteiger partial charge in [0.25, 0.3) is 0 Å². The SMILES string of the molecule is Cc1cc(C)c(Oc2nccc(N)n2)c([N+](=O)[O-])c1. The van der Waals surface area contributed by atoms with Gasteiger partial charge in [0.05, 0.1) is 4.92 Å². The van der Waals surface area contributed by atoms with E-state index in [1.54, 1.807) is 19.9 Å². The highest BCUT2D eigenvalue weighted by Crippen LogP contribution is 2.34. The molecule has 2 N–H and O–H groups in total. The molecule has 0 unspecified atom stereocenters. The van der Waals surface area contributed by atoms with E-state index in [0.717, 1.165) is 5.56 Å². The standard InChI is InChI=1S/C12H12N4O3/c1-7-5-8(2)11(9(6-7)16(17)18)19-12-14-4-3-10(13)15-12/h3-6H,1-2H3,(H2,13,14,15). The van der Waals surface area contributed by atoms with E-state index in [9.17, 15) is 10.1 Å². The molecule has 0 atom stereocenters. The number of nitrogen functional groups attached to an aromatic ring is 1. The minimum Gasteiger partial charge on any atom is -0.417 e. The second-order valence-corrected chi connectivity index (χ2v) is 4.05. The third kappa shape index (κ3) is 2.76. The number of hydrogen-bond acceptors (Lipinski definition) is 6. The Hall–Kier alpha value is -2.70. The number of anilines is 1. The van der Waals surface area contributed by atoms with Crippen LogP contribution < -0.4 is 10.5 Å². The molecule has 0 radical (unpaired) electrons. The summed E-state index contributed by atoms with van der Waals surface area (Å²) in [6, 6.07) is 4.71. The number of nitrogens with two attached hydrogens (primary N) is 1. The highest BCUT2D eigenvalue weighted by atomic mass is 16.6. The predicted octanol–water partition coefficient (Wildman–Crippen LogP) is 2.38. The summed E-state index contributed by atoms with van der Waals surface area (Å²) in [4.78, 5) is 18.3. The number of rotatable bonds is 3. The zero-order valence-corrected chi connectivity index (χ0v) is 10.5. The summed E-state index contributed by atoms with van der Waals surface area (Å²) < 4.78 is 5.39. The van der Waals surface area contributed by atoms with Gasteiger partial charge in [0.1, 0.15) is 5.82 Å². The number of nitro groups is 1. The lowest BCUT2D eigenvalue weighted by Crippen LogP contribution is -2.00. The van der Waals surface area contributed by atoms with Crippen LogP contribution in [0.2, 0.25) is 0 Å². The van der Waals surface area contributed by atoms with Crippen LogP contribution in [0.1, 0.15) is 11.1 Å². The van der Waals surface area contributed by atoms with Crippen LogP contribution in [0, 0.1) is 24.0 Å². The monoisotopic (exact) mass is 260 g/mol. The molecule has 1 aromatic heterocycles. The van der Waals surface area contributed by atoms with Gasteiger partial charge in [0.2, 0.25) is 5.75 Å². The minimum absolute atomic E-state index is 0.0185. The van der Waals surface area contributed by atoms with Gasteiger partial charge in [0.15, 0.2) is 0 Å². The Labute approximate surface area is 109 Å². The van der Waals surface area contributed by atoms with Crippen molar-refractivity contribution in [1.82, 2.24) is 9.97 Å². The van der Waals surface area contributed by atoms with E-state index in [1.165, 1.54) is 18.3 Å². The molecule has 1 heterocycles. The first-order valence-corrected chi connectivity index (χ1v) is 5.49. The second-order valence-electron chi connectivity index (χ2n) is 4.05. The first-order valence-electron chi connectivity index (χ1n) is 5.49. The van der Waals surface area contributed by atoms with Crippen LogP contribution in [0.15, 0.2) is 24.4 Å². The normalized spacial score (nSPS) is 10.2. The van der Waals surface area contributed by atoms with Gasteiger partial charge in [-0.3, -0.25) is 10.1 Å². The summed E-state index contributed by atoms with van der Waals surface area (Å²) in [6.07, 6.45) is 1.42. The molecule has 0 amide bonds. The summed E-state index contributed by atoms with van der Waals surface area (Å²) in [5.41, 5.74) is 6.80. The average molecular weight is 260 g/mol. The second kappa shape index (κ2) is 4.89. The van der Waals surface area contributed by atoms with Crippen LogP contribution in [0.5, 0.6) is 11.8 Å². The van der Waals surface area contributed by atoms with E-state index in [2.05, 4.69) is 9.97 Å². The molecule has 98 valence electrons. The largest absolute Gasteiger partial charge is 0.417 e. The molecule has 0 aliphatic rings. The van der Waals surface area contributed by atoms with Gasteiger partial charge in [-0.2, -0.15) is 4.98 Å². The van der Waals surface area contributed by atoms with Crippen LogP contribution in [0.4, 0.5) is 11.5 Å². The Bertz CT molecular complexity index is 643. The van der Waals surface area contributed by atoms with Crippen molar-refractivity contribution in [1.29, 1.82) is 0 Å². The number of nitro benzene ring substituents is 1. The molecule has 0 saturated heterocycles. The summed E-state index contributed by atoms with van der Waals surface area (Å²) in [6.45, 7) is 3.50. The zero-order valence-electron chi connectivity index (χ0n) is 10.5. The smallest absolute Gasteiger partial charge is 0.324 e. The van der Waals surface area contributed by atoms with E-state index in [-0.39, 0.29) is 23.3 Å². The van der Waals surface area contributed by atoms with Crippen molar-refractivity contribution in [3.63, 3.8) is 0 Å². The molecule has 0 aliphatic carbocycles. The lowest BCUT2D eigenvalue weighted by atomic mass is 10.1. The number of hydrogen-bond donors (Lipinski definition) is 1. The van der Waals surface area contributed by atoms with Crippen molar-refractivity contribution in [3.05, 3.63) is 45.6 Å². The summed E-state index contributed by atoms with van der Waals surface area (Å²) in [5.74, 6) is 0.360. The Morgan fingerprint density at radius 3 is 2.74 bits per heavy atom. The highest BCUT2D eigenvalue weighted by molar-refractivity contribution is 5.54. The topological polar surface area (TPSA) is 104 Å². The molecule has 0 aliphatic heterocycles. The Balaban J connectivity index is 2.47. The van der Waals surface area contributed by atoms with E-state index in [4.69, 9.17) is 10.5 Å². The minimum atomic E-state index is -0.498. The molecule has 2 aromatic rings. The third-order valence-electron chi connectivity index (χ3n) is 2.44. The quantitative estimate of drug-likeness (QED) is 0.671. The van der Waals surface area contributed by atoms with Crippen molar-refractivity contribution in [2.45, 2.75) is 13.8 Å². The lowest BCUT2D eigenvalue weighted by molar-refractivity contribution is -0.385. The average Bonchev–Trinajstić information content (AvgIpc) is 2.32. The Kier molecular flexibility index (Phi) is 3.28. The van der Waals surface area contributed by atoms with E-state index in [0.29, 0.717) is 5.56 Å². The fourth-order valence-electron chi connectivity index (χ4n) is 1.69. The summed E-state index contributed by atoms with van der Waals surface area (Å²) in [7, 11) is 0. The number of nitrogens with zero attached hydrogens (tertiary/aromatic N) is 3. The van der Waals surface area contributed by atoms with Crippen molar-refractivity contribution >= 4 is 11.5 Å². The number of aromatic nitrogens is 2. The molecule has 1 aromatic carbocycles. The van der Waals surface area contributed by atoms with Crippen LogP contribution >= 0.6 is 0 Å². The molecule has 0 bridgehead atoms. The number of benzene rings is 1. The van der Waals surface area contributed by atoms with Crippen LogP contribution in [0.3, 0.4) is 0 Å². The molecular formula is C12H12N4O3. The van der Waals surface area contributed by atoms with Crippen molar-refractivity contribution in [2.75, 3.05) is 5.73 Å². The van der Waals surface area contributed by atoms with Gasteiger partial charge in [0, 0.05) is 12.3 Å². The van der Waals surface area contributed by atoms with Crippen LogP contribution in [-0.4, -0.2) is 14.9 Å². The molecule has 7 nitrogen and oxygen atoms in total. The third-order valence-corrected chi connectivity index (χ3v) is 2.44. The van der Waals surface area contributed by atoms with Crippen molar-refractivity contribution in [3.8, 4) is 11.8 Å². The van der Waals surface area contributed by atoms with Crippen LogP contribution in [0.25, 0.3) is 0 Å². The van der Waals surface area contributed by atoms with Gasteiger partial charge in [-0.25, -0.2) is 4.98 Å². The Morgan fingerprint density at radius 2 is 2.11 bits per heavy atom. The maximum Gasteiger partial charge on any atom is 0.324 e. The maximum atomic E-state index is 11.0. The summed E-state index contributed by atoms with van der Waals surface area (Å²) >= 11 is 0. The zero-order chi connectivity index (χ0) is 14.0. The Morgan fingerprint density at radius 1 is 1.37 bits per heavy atom. The first-order chi connectivity index (χ1) is 8.97. The predicted molar refractivity (Wildman–Crippen MR) is 69.1 cm³/mol. The number of aryl methyl sites for hydroxylation is 2. The van der Waals surface area contributed by atoms with Crippen molar-refractivity contribution < 1.29 is 9.66 Å². The van der Waals surface area contributed by atoms with Crippen LogP contribution in [-0.2, 0) is 0 Å². The van der Waals surface area contributed by atoms with Gasteiger partial charge in [-0.1, -0.05) is 6.07 Å². The molecular weight excluding hydrogens is 248 g/mol. The van der Waals surface area contributed by atoms with Gasteiger partial charge < -0.3 is 10.5 Å². The highest BCUT2D eigenvalue weighted by Gasteiger charge is 2.20. The molecule has 0 fully saturated rings. The summed E-state index contributed by atoms with van der Waals surface area (Å²) in [5, 5.41) is 11.0. The fourth-order valence-corrected chi connectivity index (χ4v) is 1.69. The fraction of sp³-hybridized carbons (Fsp3) is 0.167. The molecule has 0 spiro atoms. The van der Waals surface area contributed by atoms with Crippen molar-refractivity contribution in [2.24, 2.45) is 0 Å². The van der Waals surface area contributed by atoms with Gasteiger partial charge in [-0.15, -0.1) is 0 Å². The first kappa shape index (κ1) is 12.7. The molecule has 0 saturated carbocycles. The lowest BCUT2D eigenvalue weighted by Gasteiger charge is -2.08. The molecule has 19 heavy (non-hydrogen) atoms. The van der Waals surface area contributed by atoms with E-state index in [1.807, 2.05) is 0 Å². The van der Waals surface area contributed by atoms with E-state index >= 15 is 0 Å².